The molecule has 1 heterocycles. The Balaban J connectivity index is 1.62. The van der Waals surface area contributed by atoms with Crippen molar-refractivity contribution in [1.29, 1.82) is 0 Å². The molecule has 1 unspecified atom stereocenters. The highest BCUT2D eigenvalue weighted by Gasteiger charge is 2.34. The van der Waals surface area contributed by atoms with Crippen molar-refractivity contribution >= 4 is 9.84 Å². The van der Waals surface area contributed by atoms with Crippen molar-refractivity contribution in [2.24, 2.45) is 5.92 Å². The molecule has 2 aliphatic rings. The summed E-state index contributed by atoms with van der Waals surface area (Å²) in [6.45, 7) is 9.29. The molecule has 4 nitrogen and oxygen atoms in total. The fraction of sp³-hybridized carbons (Fsp3) is 1.00. The largest absolute Gasteiger partial charge is 0.315 e. The fourth-order valence-electron chi connectivity index (χ4n) is 2.62. The lowest BCUT2D eigenvalue weighted by atomic mass is 10.1. The second kappa shape index (κ2) is 5.70. The van der Waals surface area contributed by atoms with E-state index in [-0.39, 0.29) is 5.75 Å². The third kappa shape index (κ3) is 4.17. The molecule has 0 amide bonds. The number of likely N-dealkylation sites (tertiary alicyclic amines) is 1. The number of hydrogen-bond donors (Lipinski definition) is 1. The predicted octanol–water partition coefficient (Wildman–Crippen LogP) is 1.27. The molecule has 1 aliphatic carbocycles. The van der Waals surface area contributed by atoms with Gasteiger partial charge in [0, 0.05) is 19.1 Å². The Morgan fingerprint density at radius 3 is 2.47 bits per heavy atom. The monoisotopic (exact) mass is 288 g/mol. The molecule has 0 aromatic carbocycles. The van der Waals surface area contributed by atoms with Crippen LogP contribution in [-0.4, -0.2) is 56.0 Å². The van der Waals surface area contributed by atoms with E-state index >= 15 is 0 Å². The molecule has 0 aromatic rings. The zero-order chi connectivity index (χ0) is 14.1. The van der Waals surface area contributed by atoms with Crippen molar-refractivity contribution in [1.82, 2.24) is 10.2 Å². The highest BCUT2D eigenvalue weighted by atomic mass is 32.2. The lowest BCUT2D eigenvalue weighted by molar-refractivity contribution is 0.312. The predicted molar refractivity (Wildman–Crippen MR) is 79.1 cm³/mol. The Hall–Kier alpha value is -0.130. The Morgan fingerprint density at radius 2 is 1.89 bits per heavy atom. The van der Waals surface area contributed by atoms with Gasteiger partial charge in [-0.05, 0) is 59.0 Å². The van der Waals surface area contributed by atoms with Crippen molar-refractivity contribution in [3.8, 4) is 0 Å². The summed E-state index contributed by atoms with van der Waals surface area (Å²) in [5, 5.41) is 3.33. The van der Waals surface area contributed by atoms with Gasteiger partial charge in [-0.25, -0.2) is 8.42 Å². The SMILES string of the molecule is CC(C)(C)S(=O)(=O)CCNCC1CCN(C2CC2)C1. The van der Waals surface area contributed by atoms with Gasteiger partial charge >= 0.3 is 0 Å². The molecule has 1 saturated carbocycles. The Labute approximate surface area is 117 Å². The highest BCUT2D eigenvalue weighted by molar-refractivity contribution is 7.92. The van der Waals surface area contributed by atoms with Crippen LogP contribution in [0.1, 0.15) is 40.0 Å². The number of nitrogens with zero attached hydrogens (tertiary/aromatic N) is 1. The number of sulfone groups is 1. The average molecular weight is 288 g/mol. The summed E-state index contributed by atoms with van der Waals surface area (Å²) in [6, 6.07) is 0.867. The van der Waals surface area contributed by atoms with E-state index in [9.17, 15) is 8.42 Å². The summed E-state index contributed by atoms with van der Waals surface area (Å²) in [5.41, 5.74) is 0. The third-order valence-corrected chi connectivity index (χ3v) is 6.90. The van der Waals surface area contributed by atoms with Gasteiger partial charge in [0.2, 0.25) is 0 Å². The first-order valence-corrected chi connectivity index (χ1v) is 9.12. The lowest BCUT2D eigenvalue weighted by Crippen LogP contribution is -2.36. The van der Waals surface area contributed by atoms with E-state index in [0.29, 0.717) is 12.5 Å². The van der Waals surface area contributed by atoms with Crippen LogP contribution >= 0.6 is 0 Å². The molecular weight excluding hydrogens is 260 g/mol. The van der Waals surface area contributed by atoms with Crippen molar-refractivity contribution in [2.75, 3.05) is 31.9 Å². The number of hydrogen-bond acceptors (Lipinski definition) is 4. The van der Waals surface area contributed by atoms with Crippen LogP contribution in [-0.2, 0) is 9.84 Å². The summed E-state index contributed by atoms with van der Waals surface area (Å²) in [4.78, 5) is 2.60. The second-order valence-electron chi connectivity index (χ2n) is 7.02. The van der Waals surface area contributed by atoms with E-state index in [1.54, 1.807) is 20.8 Å². The molecule has 0 spiro atoms. The Morgan fingerprint density at radius 1 is 1.21 bits per heavy atom. The number of rotatable bonds is 6. The van der Waals surface area contributed by atoms with Gasteiger partial charge in [0.15, 0.2) is 9.84 Å². The van der Waals surface area contributed by atoms with E-state index in [0.717, 1.165) is 12.6 Å². The quantitative estimate of drug-likeness (QED) is 0.748. The standard InChI is InChI=1S/C14H28N2O2S/c1-14(2,3)19(17,18)9-7-15-10-12-6-8-16(11-12)13-4-5-13/h12-13,15H,4-11H2,1-3H3. The molecule has 1 saturated heterocycles. The van der Waals surface area contributed by atoms with Gasteiger partial charge in [-0.1, -0.05) is 0 Å². The zero-order valence-corrected chi connectivity index (χ0v) is 13.3. The maximum absolute atomic E-state index is 11.9. The van der Waals surface area contributed by atoms with Crippen LogP contribution in [0, 0.1) is 5.92 Å². The summed E-state index contributed by atoms with van der Waals surface area (Å²) in [6.07, 6.45) is 4.02. The topological polar surface area (TPSA) is 49.4 Å². The second-order valence-corrected chi connectivity index (χ2v) is 9.88. The van der Waals surface area contributed by atoms with Crippen LogP contribution < -0.4 is 5.32 Å². The molecular formula is C14H28N2O2S. The smallest absolute Gasteiger partial charge is 0.156 e. The maximum Gasteiger partial charge on any atom is 0.156 e. The zero-order valence-electron chi connectivity index (χ0n) is 12.5. The summed E-state index contributed by atoms with van der Waals surface area (Å²) in [5.74, 6) is 0.952. The normalized spacial score (nSPS) is 25.9. The molecule has 0 aromatic heterocycles. The van der Waals surface area contributed by atoms with Gasteiger partial charge in [-0.15, -0.1) is 0 Å². The molecule has 0 radical (unpaired) electrons. The average Bonchev–Trinajstić information content (AvgIpc) is 3.04. The number of nitrogens with one attached hydrogen (secondary N) is 1. The Bertz CT molecular complexity index is 396. The molecule has 0 bridgehead atoms. The molecule has 112 valence electrons. The van der Waals surface area contributed by atoms with Crippen LogP contribution in [0.5, 0.6) is 0 Å². The minimum Gasteiger partial charge on any atom is -0.315 e. The van der Waals surface area contributed by atoms with Gasteiger partial charge in [-0.3, -0.25) is 0 Å². The van der Waals surface area contributed by atoms with Crippen molar-refractivity contribution in [2.45, 2.75) is 50.8 Å². The molecule has 2 rings (SSSR count). The first-order chi connectivity index (χ1) is 8.79. The molecule has 1 aliphatic heterocycles. The molecule has 1 atom stereocenters. The van der Waals surface area contributed by atoms with E-state index in [2.05, 4.69) is 10.2 Å². The van der Waals surface area contributed by atoms with Gasteiger partial charge in [0.05, 0.1) is 10.5 Å². The minimum absolute atomic E-state index is 0.246. The summed E-state index contributed by atoms with van der Waals surface area (Å²) in [7, 11) is -2.98. The maximum atomic E-state index is 11.9. The summed E-state index contributed by atoms with van der Waals surface area (Å²) >= 11 is 0. The highest BCUT2D eigenvalue weighted by Crippen LogP contribution is 2.31. The Kier molecular flexibility index (Phi) is 4.58. The van der Waals surface area contributed by atoms with Crippen LogP contribution in [0.15, 0.2) is 0 Å². The molecule has 1 N–H and O–H groups in total. The van der Waals surface area contributed by atoms with Crippen molar-refractivity contribution in [3.05, 3.63) is 0 Å². The lowest BCUT2D eigenvalue weighted by Gasteiger charge is -2.20. The molecule has 5 heteroatoms. The van der Waals surface area contributed by atoms with Gasteiger partial charge < -0.3 is 10.2 Å². The first-order valence-electron chi connectivity index (χ1n) is 7.47. The minimum atomic E-state index is -2.98. The van der Waals surface area contributed by atoms with Crippen molar-refractivity contribution < 1.29 is 8.42 Å². The van der Waals surface area contributed by atoms with Crippen LogP contribution in [0.3, 0.4) is 0 Å². The van der Waals surface area contributed by atoms with E-state index < -0.39 is 14.6 Å². The van der Waals surface area contributed by atoms with E-state index in [4.69, 9.17) is 0 Å². The van der Waals surface area contributed by atoms with Gasteiger partial charge in [-0.2, -0.15) is 0 Å². The van der Waals surface area contributed by atoms with E-state index in [1.807, 2.05) is 0 Å². The van der Waals surface area contributed by atoms with E-state index in [1.165, 1.54) is 32.4 Å². The molecule has 2 fully saturated rings. The molecule has 19 heavy (non-hydrogen) atoms. The summed E-state index contributed by atoms with van der Waals surface area (Å²) < 4.78 is 23.3. The van der Waals surface area contributed by atoms with Gasteiger partial charge in [0.1, 0.15) is 0 Å². The van der Waals surface area contributed by atoms with Crippen LogP contribution in [0.25, 0.3) is 0 Å². The fourth-order valence-corrected chi connectivity index (χ4v) is 3.64. The first kappa shape index (κ1) is 15.3. The van der Waals surface area contributed by atoms with Crippen LogP contribution in [0.4, 0.5) is 0 Å². The van der Waals surface area contributed by atoms with Crippen LogP contribution in [0.2, 0.25) is 0 Å². The third-order valence-electron chi connectivity index (χ3n) is 4.29. The van der Waals surface area contributed by atoms with Gasteiger partial charge in [0.25, 0.3) is 0 Å². The van der Waals surface area contributed by atoms with Crippen molar-refractivity contribution in [3.63, 3.8) is 0 Å².